The Morgan fingerprint density at radius 1 is 1.11 bits per heavy atom. The molecule has 2 aromatic rings. The number of amides is 2. The predicted molar refractivity (Wildman–Crippen MR) is 104 cm³/mol. The quantitative estimate of drug-likeness (QED) is 0.878. The summed E-state index contributed by atoms with van der Waals surface area (Å²) in [6.45, 7) is 3.70. The van der Waals surface area contributed by atoms with E-state index in [1.807, 2.05) is 30.0 Å². The number of nitrogens with zero attached hydrogens (tertiary/aromatic N) is 2. The maximum atomic E-state index is 13.4. The lowest BCUT2D eigenvalue weighted by molar-refractivity contribution is 0.0681. The van der Waals surface area contributed by atoms with Gasteiger partial charge in [0, 0.05) is 36.6 Å². The summed E-state index contributed by atoms with van der Waals surface area (Å²) in [4.78, 5) is 32.1. The molecule has 0 spiro atoms. The third kappa shape index (κ3) is 3.45. The Bertz CT molecular complexity index is 839. The first-order valence-electron chi connectivity index (χ1n) is 9.49. The van der Waals surface area contributed by atoms with Crippen LogP contribution < -0.4 is 10.6 Å². The zero-order valence-electron chi connectivity index (χ0n) is 15.4. The summed E-state index contributed by atoms with van der Waals surface area (Å²) < 4.78 is 0. The van der Waals surface area contributed by atoms with Crippen molar-refractivity contribution in [1.29, 1.82) is 0 Å². The van der Waals surface area contributed by atoms with Crippen molar-refractivity contribution < 1.29 is 9.59 Å². The lowest BCUT2D eigenvalue weighted by atomic mass is 10.0. The molecule has 27 heavy (non-hydrogen) atoms. The molecule has 2 unspecified atom stereocenters. The number of hydrogen-bond acceptors (Lipinski definition) is 4. The van der Waals surface area contributed by atoms with E-state index in [0.717, 1.165) is 37.9 Å². The van der Waals surface area contributed by atoms with E-state index in [1.165, 1.54) is 0 Å². The zero-order chi connectivity index (χ0) is 18.8. The van der Waals surface area contributed by atoms with Crippen LogP contribution in [0.3, 0.4) is 0 Å². The number of nitrogens with one attached hydrogen (secondary N) is 2. The molecular weight excluding hydrogens is 340 g/mol. The van der Waals surface area contributed by atoms with Gasteiger partial charge in [-0.25, -0.2) is 0 Å². The fraction of sp³-hybridized carbons (Fsp3) is 0.381. The minimum atomic E-state index is -0.235. The van der Waals surface area contributed by atoms with E-state index in [0.29, 0.717) is 16.8 Å². The average Bonchev–Trinajstić information content (AvgIpc) is 2.96. The van der Waals surface area contributed by atoms with Gasteiger partial charge < -0.3 is 15.5 Å². The largest absolute Gasteiger partial charge is 0.331 e. The number of anilines is 1. The standard InChI is InChI=1S/C21H24N4O2/c1-14-3-2-4-18(19(14)24-20(26)15-7-10-22-11-8-15)21(27)25-16-5-6-17(25)13-23-12-9-16/h2-4,7-8,10-11,16-17,23H,5-6,9,12-13H2,1H3,(H,24,26). The van der Waals surface area contributed by atoms with Crippen molar-refractivity contribution in [3.8, 4) is 0 Å². The third-order valence-electron chi connectivity index (χ3n) is 5.57. The van der Waals surface area contributed by atoms with E-state index in [2.05, 4.69) is 15.6 Å². The normalized spacial score (nSPS) is 21.6. The van der Waals surface area contributed by atoms with Crippen LogP contribution in [0.4, 0.5) is 5.69 Å². The Hall–Kier alpha value is -2.73. The molecule has 2 saturated heterocycles. The summed E-state index contributed by atoms with van der Waals surface area (Å²) in [5.74, 6) is -0.221. The Labute approximate surface area is 159 Å². The van der Waals surface area contributed by atoms with Gasteiger partial charge in [-0.3, -0.25) is 14.6 Å². The molecule has 2 N–H and O–H groups in total. The first-order chi connectivity index (χ1) is 13.1. The summed E-state index contributed by atoms with van der Waals surface area (Å²) in [6.07, 6.45) is 6.24. The third-order valence-corrected chi connectivity index (χ3v) is 5.57. The summed E-state index contributed by atoms with van der Waals surface area (Å²) in [6, 6.07) is 9.44. The Morgan fingerprint density at radius 2 is 1.89 bits per heavy atom. The molecule has 6 nitrogen and oxygen atoms in total. The number of carbonyl (C=O) groups excluding carboxylic acids is 2. The highest BCUT2D eigenvalue weighted by molar-refractivity contribution is 6.09. The summed E-state index contributed by atoms with van der Waals surface area (Å²) in [5.41, 5.74) is 2.56. The van der Waals surface area contributed by atoms with Crippen molar-refractivity contribution in [2.45, 2.75) is 38.3 Å². The molecule has 2 bridgehead atoms. The molecule has 2 aliphatic heterocycles. The monoisotopic (exact) mass is 364 g/mol. The molecule has 6 heteroatoms. The molecule has 0 saturated carbocycles. The smallest absolute Gasteiger partial charge is 0.256 e. The number of para-hydroxylation sites is 1. The van der Waals surface area contributed by atoms with Crippen molar-refractivity contribution >= 4 is 17.5 Å². The van der Waals surface area contributed by atoms with Gasteiger partial charge >= 0.3 is 0 Å². The Kier molecular flexibility index (Phi) is 4.90. The van der Waals surface area contributed by atoms with Gasteiger partial charge in [-0.05, 0) is 56.5 Å². The molecule has 0 radical (unpaired) electrons. The minimum Gasteiger partial charge on any atom is -0.331 e. The second kappa shape index (κ2) is 7.48. The van der Waals surface area contributed by atoms with Crippen molar-refractivity contribution in [2.24, 2.45) is 0 Å². The molecule has 2 amide bonds. The van der Waals surface area contributed by atoms with E-state index in [9.17, 15) is 9.59 Å². The first kappa shape index (κ1) is 17.7. The van der Waals surface area contributed by atoms with Gasteiger partial charge in [-0.2, -0.15) is 0 Å². The summed E-state index contributed by atoms with van der Waals surface area (Å²) in [7, 11) is 0. The van der Waals surface area contributed by atoms with Crippen molar-refractivity contribution in [1.82, 2.24) is 15.2 Å². The molecule has 1 aromatic carbocycles. The Balaban J connectivity index is 1.64. The van der Waals surface area contributed by atoms with Gasteiger partial charge in [0.05, 0.1) is 11.3 Å². The van der Waals surface area contributed by atoms with Crippen LogP contribution >= 0.6 is 0 Å². The van der Waals surface area contributed by atoms with Gasteiger partial charge in [0.15, 0.2) is 0 Å². The predicted octanol–water partition coefficient (Wildman–Crippen LogP) is 2.61. The highest BCUT2D eigenvalue weighted by atomic mass is 16.2. The minimum absolute atomic E-state index is 0.0138. The fourth-order valence-corrected chi connectivity index (χ4v) is 4.15. The van der Waals surface area contributed by atoms with Crippen LogP contribution in [0.5, 0.6) is 0 Å². The maximum Gasteiger partial charge on any atom is 0.256 e. The highest BCUT2D eigenvalue weighted by Gasteiger charge is 2.39. The topological polar surface area (TPSA) is 74.3 Å². The number of aromatic nitrogens is 1. The van der Waals surface area contributed by atoms with Gasteiger partial charge in [-0.1, -0.05) is 12.1 Å². The van der Waals surface area contributed by atoms with E-state index >= 15 is 0 Å². The second-order valence-electron chi connectivity index (χ2n) is 7.28. The van der Waals surface area contributed by atoms with Crippen LogP contribution in [0.15, 0.2) is 42.7 Å². The van der Waals surface area contributed by atoms with Crippen LogP contribution in [0.2, 0.25) is 0 Å². The van der Waals surface area contributed by atoms with Gasteiger partial charge in [0.2, 0.25) is 0 Å². The number of benzene rings is 1. The number of rotatable bonds is 3. The maximum absolute atomic E-state index is 13.4. The average molecular weight is 364 g/mol. The van der Waals surface area contributed by atoms with E-state index in [1.54, 1.807) is 24.5 Å². The number of carbonyl (C=O) groups is 2. The van der Waals surface area contributed by atoms with Crippen molar-refractivity contribution in [2.75, 3.05) is 18.4 Å². The first-order valence-corrected chi connectivity index (χ1v) is 9.49. The van der Waals surface area contributed by atoms with Gasteiger partial charge in [-0.15, -0.1) is 0 Å². The number of hydrogen-bond donors (Lipinski definition) is 2. The Morgan fingerprint density at radius 3 is 2.70 bits per heavy atom. The van der Waals surface area contributed by atoms with Gasteiger partial charge in [0.25, 0.3) is 11.8 Å². The molecule has 1 aromatic heterocycles. The lowest BCUT2D eigenvalue weighted by Crippen LogP contribution is -2.42. The highest BCUT2D eigenvalue weighted by Crippen LogP contribution is 2.32. The van der Waals surface area contributed by atoms with Gasteiger partial charge in [0.1, 0.15) is 0 Å². The molecule has 2 fully saturated rings. The molecule has 4 rings (SSSR count). The van der Waals surface area contributed by atoms with Crippen LogP contribution in [-0.2, 0) is 0 Å². The second-order valence-corrected chi connectivity index (χ2v) is 7.28. The summed E-state index contributed by atoms with van der Waals surface area (Å²) >= 11 is 0. The van der Waals surface area contributed by atoms with Crippen LogP contribution in [0.1, 0.15) is 45.5 Å². The molecule has 2 atom stereocenters. The van der Waals surface area contributed by atoms with E-state index in [-0.39, 0.29) is 23.9 Å². The molecule has 0 aliphatic carbocycles. The molecule has 140 valence electrons. The van der Waals surface area contributed by atoms with E-state index < -0.39 is 0 Å². The number of pyridine rings is 1. The summed E-state index contributed by atoms with van der Waals surface area (Å²) in [5, 5.41) is 6.38. The zero-order valence-corrected chi connectivity index (χ0v) is 15.4. The number of aryl methyl sites for hydroxylation is 1. The van der Waals surface area contributed by atoms with Crippen molar-refractivity contribution in [3.63, 3.8) is 0 Å². The van der Waals surface area contributed by atoms with Crippen LogP contribution in [-0.4, -0.2) is 46.9 Å². The SMILES string of the molecule is Cc1cccc(C(=O)N2C3CCNCC2CC3)c1NC(=O)c1ccncc1. The van der Waals surface area contributed by atoms with E-state index in [4.69, 9.17) is 0 Å². The molecular formula is C21H24N4O2. The van der Waals surface area contributed by atoms with Crippen LogP contribution in [0.25, 0.3) is 0 Å². The lowest BCUT2D eigenvalue weighted by Gasteiger charge is -2.29. The molecule has 3 heterocycles. The fourth-order valence-electron chi connectivity index (χ4n) is 4.15. The van der Waals surface area contributed by atoms with Crippen LogP contribution in [0, 0.1) is 6.92 Å². The molecule has 2 aliphatic rings. The van der Waals surface area contributed by atoms with Crippen molar-refractivity contribution in [3.05, 3.63) is 59.4 Å². The number of fused-ring (bicyclic) bond motifs is 2.